The van der Waals surface area contributed by atoms with Crippen LogP contribution in [-0.4, -0.2) is 35.6 Å². The Morgan fingerprint density at radius 1 is 1.30 bits per heavy atom. The van der Waals surface area contributed by atoms with Gasteiger partial charge >= 0.3 is 0 Å². The molecule has 1 aliphatic rings. The van der Waals surface area contributed by atoms with Crippen LogP contribution in [0.25, 0.3) is 5.69 Å². The lowest BCUT2D eigenvalue weighted by molar-refractivity contribution is -0.119. The quantitative estimate of drug-likeness (QED) is 0.929. The van der Waals surface area contributed by atoms with E-state index in [1.165, 1.54) is 0 Å². The fraction of sp³-hybridized carbons (Fsp3) is 0.375. The van der Waals surface area contributed by atoms with Crippen LogP contribution in [0.15, 0.2) is 30.3 Å². The lowest BCUT2D eigenvalue weighted by Crippen LogP contribution is -2.23. The molecule has 23 heavy (non-hydrogen) atoms. The van der Waals surface area contributed by atoms with E-state index in [9.17, 15) is 13.2 Å². The van der Waals surface area contributed by atoms with E-state index >= 15 is 0 Å². The van der Waals surface area contributed by atoms with E-state index in [1.807, 2.05) is 42.8 Å². The number of anilines is 1. The Kier molecular flexibility index (Phi) is 3.97. The molecule has 1 aromatic heterocycles. The molecule has 1 fully saturated rings. The Balaban J connectivity index is 1.78. The van der Waals surface area contributed by atoms with Crippen LogP contribution in [0, 0.1) is 19.8 Å². The highest BCUT2D eigenvalue weighted by Crippen LogP contribution is 2.22. The van der Waals surface area contributed by atoms with Crippen molar-refractivity contribution in [3.8, 4) is 5.69 Å². The molecule has 2 aromatic rings. The van der Waals surface area contributed by atoms with Gasteiger partial charge in [-0.25, -0.2) is 13.1 Å². The highest BCUT2D eigenvalue weighted by atomic mass is 32.2. The van der Waals surface area contributed by atoms with Crippen molar-refractivity contribution in [3.63, 3.8) is 0 Å². The molecule has 0 radical (unpaired) electrons. The van der Waals surface area contributed by atoms with Gasteiger partial charge in [-0.3, -0.25) is 4.79 Å². The molecule has 0 aliphatic carbocycles. The molecule has 1 aliphatic heterocycles. The summed E-state index contributed by atoms with van der Waals surface area (Å²) in [6.45, 7) is 3.89. The summed E-state index contributed by atoms with van der Waals surface area (Å²) in [6.07, 6.45) is 0.394. The van der Waals surface area contributed by atoms with Crippen molar-refractivity contribution in [3.05, 3.63) is 41.7 Å². The summed E-state index contributed by atoms with van der Waals surface area (Å²) in [5, 5.41) is 7.24. The van der Waals surface area contributed by atoms with Crippen LogP contribution in [0.4, 0.5) is 5.69 Å². The molecule has 3 rings (SSSR count). The van der Waals surface area contributed by atoms with Gasteiger partial charge in [0.15, 0.2) is 9.84 Å². The van der Waals surface area contributed by atoms with E-state index < -0.39 is 15.8 Å². The first-order valence-corrected chi connectivity index (χ1v) is 9.31. The SMILES string of the molecule is Cc1cc(C)n(-c2cccc(NC(=O)[C@@H]3CCS(=O)(=O)C3)c2)n1. The number of aromatic nitrogens is 2. The fourth-order valence-corrected chi connectivity index (χ4v) is 4.59. The van der Waals surface area contributed by atoms with Crippen molar-refractivity contribution in [1.82, 2.24) is 9.78 Å². The molecule has 122 valence electrons. The standard InChI is InChI=1S/C16H19N3O3S/c1-11-8-12(2)19(18-11)15-5-3-4-14(9-15)17-16(20)13-6-7-23(21,22)10-13/h3-5,8-9,13H,6-7,10H2,1-2H3,(H,17,20)/t13-/m1/s1. The van der Waals surface area contributed by atoms with E-state index in [-0.39, 0.29) is 17.4 Å². The molecule has 1 saturated heterocycles. The smallest absolute Gasteiger partial charge is 0.228 e. The summed E-state index contributed by atoms with van der Waals surface area (Å²) < 4.78 is 24.8. The number of carbonyl (C=O) groups is 1. The summed E-state index contributed by atoms with van der Waals surface area (Å²) in [7, 11) is -3.06. The first-order chi connectivity index (χ1) is 10.8. The highest BCUT2D eigenvalue weighted by molar-refractivity contribution is 7.91. The van der Waals surface area contributed by atoms with Gasteiger partial charge in [0.05, 0.1) is 28.8 Å². The zero-order valence-corrected chi connectivity index (χ0v) is 13.9. The second kappa shape index (κ2) is 5.81. The average molecular weight is 333 g/mol. The predicted molar refractivity (Wildman–Crippen MR) is 88.4 cm³/mol. The van der Waals surface area contributed by atoms with Crippen molar-refractivity contribution in [2.45, 2.75) is 20.3 Å². The monoisotopic (exact) mass is 333 g/mol. The molecule has 1 N–H and O–H groups in total. The van der Waals surface area contributed by atoms with Gasteiger partial charge in [0, 0.05) is 11.4 Å². The number of hydrogen-bond donors (Lipinski definition) is 1. The molecular formula is C16H19N3O3S. The van der Waals surface area contributed by atoms with E-state index in [0.717, 1.165) is 17.1 Å². The van der Waals surface area contributed by atoms with Crippen LogP contribution >= 0.6 is 0 Å². The Bertz CT molecular complexity index is 855. The fourth-order valence-electron chi connectivity index (χ4n) is 2.85. The summed E-state index contributed by atoms with van der Waals surface area (Å²) in [4.78, 5) is 12.2. The lowest BCUT2D eigenvalue weighted by atomic mass is 10.1. The largest absolute Gasteiger partial charge is 0.326 e. The van der Waals surface area contributed by atoms with E-state index in [4.69, 9.17) is 0 Å². The van der Waals surface area contributed by atoms with Crippen molar-refractivity contribution >= 4 is 21.4 Å². The molecular weight excluding hydrogens is 314 g/mol. The zero-order valence-electron chi connectivity index (χ0n) is 13.1. The number of aryl methyl sites for hydroxylation is 2. The lowest BCUT2D eigenvalue weighted by Gasteiger charge is -2.11. The number of nitrogens with zero attached hydrogens (tertiary/aromatic N) is 2. The molecule has 6 nitrogen and oxygen atoms in total. The number of rotatable bonds is 3. The summed E-state index contributed by atoms with van der Waals surface area (Å²) in [5.41, 5.74) is 3.43. The number of amides is 1. The van der Waals surface area contributed by atoms with Gasteiger partial charge in [-0.2, -0.15) is 5.10 Å². The van der Waals surface area contributed by atoms with Crippen LogP contribution < -0.4 is 5.32 Å². The molecule has 1 aromatic carbocycles. The number of benzene rings is 1. The summed E-state index contributed by atoms with van der Waals surface area (Å²) in [5.74, 6) is -0.665. The van der Waals surface area contributed by atoms with Crippen molar-refractivity contribution in [2.24, 2.45) is 5.92 Å². The van der Waals surface area contributed by atoms with Crippen molar-refractivity contribution in [1.29, 1.82) is 0 Å². The van der Waals surface area contributed by atoms with E-state index in [2.05, 4.69) is 10.4 Å². The number of hydrogen-bond acceptors (Lipinski definition) is 4. The third kappa shape index (κ3) is 3.44. The second-order valence-electron chi connectivity index (χ2n) is 5.98. The second-order valence-corrected chi connectivity index (χ2v) is 8.21. The number of carbonyl (C=O) groups excluding carboxylic acids is 1. The van der Waals surface area contributed by atoms with Gasteiger partial charge in [-0.15, -0.1) is 0 Å². The maximum Gasteiger partial charge on any atom is 0.228 e. The molecule has 0 bridgehead atoms. The average Bonchev–Trinajstić information content (AvgIpc) is 3.01. The Labute approximate surface area is 135 Å². The van der Waals surface area contributed by atoms with Gasteiger partial charge in [0.25, 0.3) is 0 Å². The molecule has 1 atom stereocenters. The molecule has 7 heteroatoms. The molecule has 2 heterocycles. The number of sulfone groups is 1. The Morgan fingerprint density at radius 2 is 2.09 bits per heavy atom. The first kappa shape index (κ1) is 15.7. The van der Waals surface area contributed by atoms with Gasteiger partial charge in [-0.1, -0.05) is 6.07 Å². The molecule has 0 saturated carbocycles. The minimum atomic E-state index is -3.06. The van der Waals surface area contributed by atoms with Gasteiger partial charge in [0.2, 0.25) is 5.91 Å². The van der Waals surface area contributed by atoms with Crippen LogP contribution in [0.5, 0.6) is 0 Å². The zero-order chi connectivity index (χ0) is 16.6. The molecule has 0 unspecified atom stereocenters. The summed E-state index contributed by atoms with van der Waals surface area (Å²) in [6, 6.07) is 9.36. The van der Waals surface area contributed by atoms with Crippen molar-refractivity contribution < 1.29 is 13.2 Å². The number of nitrogens with one attached hydrogen (secondary N) is 1. The van der Waals surface area contributed by atoms with Crippen LogP contribution in [0.2, 0.25) is 0 Å². The predicted octanol–water partition coefficient (Wildman–Crippen LogP) is 1.86. The van der Waals surface area contributed by atoms with Gasteiger partial charge < -0.3 is 5.32 Å². The Morgan fingerprint density at radius 3 is 2.70 bits per heavy atom. The summed E-state index contributed by atoms with van der Waals surface area (Å²) >= 11 is 0. The third-order valence-electron chi connectivity index (χ3n) is 3.97. The van der Waals surface area contributed by atoms with Crippen molar-refractivity contribution in [2.75, 3.05) is 16.8 Å². The van der Waals surface area contributed by atoms with Gasteiger partial charge in [0.1, 0.15) is 0 Å². The van der Waals surface area contributed by atoms with Crippen LogP contribution in [-0.2, 0) is 14.6 Å². The minimum Gasteiger partial charge on any atom is -0.326 e. The van der Waals surface area contributed by atoms with Crippen LogP contribution in [0.1, 0.15) is 17.8 Å². The van der Waals surface area contributed by atoms with Gasteiger partial charge in [-0.05, 0) is 44.5 Å². The normalized spacial score (nSPS) is 19.7. The van der Waals surface area contributed by atoms with Crippen LogP contribution in [0.3, 0.4) is 0 Å². The third-order valence-corrected chi connectivity index (χ3v) is 5.74. The molecule has 0 spiro atoms. The first-order valence-electron chi connectivity index (χ1n) is 7.49. The Hall–Kier alpha value is -2.15. The molecule has 1 amide bonds. The maximum absolute atomic E-state index is 12.2. The van der Waals surface area contributed by atoms with E-state index in [1.54, 1.807) is 6.07 Å². The minimum absolute atomic E-state index is 0.0595. The van der Waals surface area contributed by atoms with E-state index in [0.29, 0.717) is 12.1 Å². The highest BCUT2D eigenvalue weighted by Gasteiger charge is 2.32. The topological polar surface area (TPSA) is 81.1 Å². The maximum atomic E-state index is 12.2.